The van der Waals surface area contributed by atoms with Crippen LogP contribution in [0, 0.1) is 0 Å². The van der Waals surface area contributed by atoms with Crippen LogP contribution in [0.2, 0.25) is 0 Å². The molecule has 1 aliphatic heterocycles. The summed E-state index contributed by atoms with van der Waals surface area (Å²) in [7, 11) is 1.22. The second kappa shape index (κ2) is 4.31. The fourth-order valence-electron chi connectivity index (χ4n) is 1.92. The number of hydrogen-bond donors (Lipinski definition) is 2. The molecule has 5 nitrogen and oxygen atoms in total. The molecule has 0 saturated carbocycles. The van der Waals surface area contributed by atoms with Crippen molar-refractivity contribution in [1.82, 2.24) is 0 Å². The molecule has 1 aliphatic rings. The molecule has 0 spiro atoms. The van der Waals surface area contributed by atoms with Crippen molar-refractivity contribution in [1.29, 1.82) is 0 Å². The van der Waals surface area contributed by atoms with E-state index in [1.165, 1.54) is 7.11 Å². The van der Waals surface area contributed by atoms with Crippen LogP contribution in [-0.2, 0) is 14.3 Å². The fourth-order valence-corrected chi connectivity index (χ4v) is 1.92. The van der Waals surface area contributed by atoms with Crippen molar-refractivity contribution < 1.29 is 24.5 Å². The van der Waals surface area contributed by atoms with Crippen molar-refractivity contribution in [3.05, 3.63) is 0 Å². The molecule has 94 valence electrons. The second-order valence-electron chi connectivity index (χ2n) is 5.04. The molecule has 0 aromatic rings. The summed E-state index contributed by atoms with van der Waals surface area (Å²) in [5.74, 6) is -0.709. The summed E-state index contributed by atoms with van der Waals surface area (Å²) in [5, 5.41) is 19.6. The maximum atomic E-state index is 11.2. The Hall–Kier alpha value is -0.650. The van der Waals surface area contributed by atoms with Gasteiger partial charge in [0.05, 0.1) is 18.8 Å². The number of aliphatic hydroxyl groups excluding tert-OH is 1. The third-order valence-corrected chi connectivity index (χ3v) is 3.11. The van der Waals surface area contributed by atoms with Gasteiger partial charge in [-0.2, -0.15) is 0 Å². The van der Waals surface area contributed by atoms with Gasteiger partial charge < -0.3 is 19.7 Å². The van der Waals surface area contributed by atoms with Crippen molar-refractivity contribution in [3.63, 3.8) is 0 Å². The zero-order chi connectivity index (χ0) is 12.6. The van der Waals surface area contributed by atoms with Crippen LogP contribution in [0.15, 0.2) is 0 Å². The first-order valence-electron chi connectivity index (χ1n) is 5.37. The van der Waals surface area contributed by atoms with E-state index in [-0.39, 0.29) is 6.10 Å². The maximum absolute atomic E-state index is 11.2. The van der Waals surface area contributed by atoms with Crippen LogP contribution < -0.4 is 0 Å². The molecule has 0 unspecified atom stereocenters. The zero-order valence-electron chi connectivity index (χ0n) is 10.2. The van der Waals surface area contributed by atoms with Crippen LogP contribution in [0.1, 0.15) is 33.6 Å². The highest BCUT2D eigenvalue weighted by molar-refractivity contribution is 5.75. The average Bonchev–Trinajstić information content (AvgIpc) is 2.59. The monoisotopic (exact) mass is 232 g/mol. The van der Waals surface area contributed by atoms with Crippen molar-refractivity contribution in [2.75, 3.05) is 7.11 Å². The van der Waals surface area contributed by atoms with Crippen LogP contribution in [0.3, 0.4) is 0 Å². The Balaban J connectivity index is 2.72. The van der Waals surface area contributed by atoms with E-state index in [0.717, 1.165) is 0 Å². The number of esters is 1. The molecule has 16 heavy (non-hydrogen) atoms. The lowest BCUT2D eigenvalue weighted by molar-refractivity contribution is -0.181. The lowest BCUT2D eigenvalue weighted by Gasteiger charge is -2.32. The summed E-state index contributed by atoms with van der Waals surface area (Å²) in [6.07, 6.45) is -0.576. The molecule has 0 amide bonds. The molecular weight excluding hydrogens is 212 g/mol. The summed E-state index contributed by atoms with van der Waals surface area (Å²) in [5.41, 5.74) is -1.95. The van der Waals surface area contributed by atoms with E-state index in [1.54, 1.807) is 20.8 Å². The summed E-state index contributed by atoms with van der Waals surface area (Å²) in [6.45, 7) is 4.95. The molecule has 1 fully saturated rings. The smallest absolute Gasteiger partial charge is 0.337 e. The number of carbonyl (C=O) groups excluding carboxylic acids is 1. The Morgan fingerprint density at radius 1 is 1.62 bits per heavy atom. The second-order valence-corrected chi connectivity index (χ2v) is 5.04. The highest BCUT2D eigenvalue weighted by atomic mass is 16.6. The quantitative estimate of drug-likeness (QED) is 0.681. The number of rotatable bonds is 3. The number of aliphatic hydroxyl groups is 2. The molecule has 2 N–H and O–H groups in total. The van der Waals surface area contributed by atoms with Gasteiger partial charge in [-0.1, -0.05) is 0 Å². The maximum Gasteiger partial charge on any atom is 0.337 e. The van der Waals surface area contributed by atoms with Crippen molar-refractivity contribution >= 4 is 5.97 Å². The van der Waals surface area contributed by atoms with Gasteiger partial charge in [0.25, 0.3) is 0 Å². The third kappa shape index (κ3) is 2.53. The molecule has 0 aliphatic carbocycles. The van der Waals surface area contributed by atoms with Crippen LogP contribution in [0.25, 0.3) is 0 Å². The van der Waals surface area contributed by atoms with Gasteiger partial charge in [-0.25, -0.2) is 4.79 Å². The summed E-state index contributed by atoms with van der Waals surface area (Å²) < 4.78 is 10.1. The molecule has 5 heteroatoms. The van der Waals surface area contributed by atoms with E-state index in [0.29, 0.717) is 12.8 Å². The highest BCUT2D eigenvalue weighted by Crippen LogP contribution is 2.37. The van der Waals surface area contributed by atoms with Crippen LogP contribution in [-0.4, -0.2) is 46.7 Å². The Kier molecular flexibility index (Phi) is 3.62. The van der Waals surface area contributed by atoms with E-state index in [1.807, 2.05) is 0 Å². The van der Waals surface area contributed by atoms with Crippen LogP contribution in [0.5, 0.6) is 0 Å². The van der Waals surface area contributed by atoms with Gasteiger partial charge in [0.15, 0.2) is 6.10 Å². The predicted molar refractivity (Wildman–Crippen MR) is 56.8 cm³/mol. The van der Waals surface area contributed by atoms with Crippen molar-refractivity contribution in [2.45, 2.75) is 57.0 Å². The number of hydrogen-bond acceptors (Lipinski definition) is 5. The predicted octanol–water partition coefficient (Wildman–Crippen LogP) is 0.229. The molecule has 1 heterocycles. The normalized spacial score (nSPS) is 32.5. The van der Waals surface area contributed by atoms with E-state index in [9.17, 15) is 15.0 Å². The van der Waals surface area contributed by atoms with Gasteiger partial charge in [0.2, 0.25) is 0 Å². The number of ether oxygens (including phenoxy) is 2. The van der Waals surface area contributed by atoms with Gasteiger partial charge in [0.1, 0.15) is 5.60 Å². The summed E-state index contributed by atoms with van der Waals surface area (Å²) in [6, 6.07) is 0. The van der Waals surface area contributed by atoms with E-state index >= 15 is 0 Å². The number of methoxy groups -OCH3 is 1. The Morgan fingerprint density at radius 3 is 2.56 bits per heavy atom. The van der Waals surface area contributed by atoms with E-state index in [2.05, 4.69) is 4.74 Å². The first kappa shape index (κ1) is 13.4. The average molecular weight is 232 g/mol. The minimum atomic E-state index is -1.31. The molecular formula is C11H20O5. The molecule has 3 atom stereocenters. The standard InChI is InChI=1S/C11H20O5/c1-10(2,14)7-5-6-11(3,16-7)8(12)9(13)15-4/h7-8,12,14H,5-6H2,1-4H3/t7-,8+,11+/m1/s1. The van der Waals surface area contributed by atoms with Gasteiger partial charge in [-0.3, -0.25) is 0 Å². The lowest BCUT2D eigenvalue weighted by atomic mass is 9.93. The van der Waals surface area contributed by atoms with Crippen molar-refractivity contribution in [2.24, 2.45) is 0 Å². The Labute approximate surface area is 95.4 Å². The van der Waals surface area contributed by atoms with E-state index < -0.39 is 23.3 Å². The molecule has 0 aromatic carbocycles. The Morgan fingerprint density at radius 2 is 2.19 bits per heavy atom. The Bertz CT molecular complexity index is 270. The largest absolute Gasteiger partial charge is 0.467 e. The molecule has 1 rings (SSSR count). The SMILES string of the molecule is COC(=O)[C@H](O)[C@]1(C)CC[C@H](C(C)(C)O)O1. The topological polar surface area (TPSA) is 76.0 Å². The first-order chi connectivity index (χ1) is 7.20. The van der Waals surface area contributed by atoms with Crippen LogP contribution in [0.4, 0.5) is 0 Å². The van der Waals surface area contributed by atoms with E-state index in [4.69, 9.17) is 4.74 Å². The summed E-state index contributed by atoms with van der Waals surface area (Å²) >= 11 is 0. The van der Waals surface area contributed by atoms with Gasteiger partial charge in [-0.15, -0.1) is 0 Å². The lowest BCUT2D eigenvalue weighted by Crippen LogP contribution is -2.47. The molecule has 0 radical (unpaired) electrons. The summed E-state index contributed by atoms with van der Waals surface area (Å²) in [4.78, 5) is 11.2. The molecule has 1 saturated heterocycles. The van der Waals surface area contributed by atoms with Crippen LogP contribution >= 0.6 is 0 Å². The number of carbonyl (C=O) groups is 1. The third-order valence-electron chi connectivity index (χ3n) is 3.11. The fraction of sp³-hybridized carbons (Fsp3) is 0.909. The molecule has 0 bridgehead atoms. The first-order valence-corrected chi connectivity index (χ1v) is 5.37. The highest BCUT2D eigenvalue weighted by Gasteiger charge is 2.49. The van der Waals surface area contributed by atoms with Gasteiger partial charge in [0, 0.05) is 0 Å². The van der Waals surface area contributed by atoms with Gasteiger partial charge in [-0.05, 0) is 33.6 Å². The zero-order valence-corrected chi connectivity index (χ0v) is 10.2. The minimum absolute atomic E-state index is 0.378. The molecule has 0 aromatic heterocycles. The van der Waals surface area contributed by atoms with Crippen molar-refractivity contribution in [3.8, 4) is 0 Å². The minimum Gasteiger partial charge on any atom is -0.467 e. The van der Waals surface area contributed by atoms with Gasteiger partial charge >= 0.3 is 5.97 Å².